The maximum Gasteiger partial charge on any atom is 0.324 e. The first-order valence-electron chi connectivity index (χ1n) is 9.94. The third-order valence-corrected chi connectivity index (χ3v) is 5.34. The average Bonchev–Trinajstić information content (AvgIpc) is 3.40. The lowest BCUT2D eigenvalue weighted by Crippen LogP contribution is -2.30. The van der Waals surface area contributed by atoms with Crippen LogP contribution < -0.4 is 15.5 Å². The van der Waals surface area contributed by atoms with Crippen LogP contribution in [0.4, 0.5) is 21.9 Å². The van der Waals surface area contributed by atoms with Gasteiger partial charge in [0.2, 0.25) is 5.91 Å². The smallest absolute Gasteiger partial charge is 0.324 e. The van der Waals surface area contributed by atoms with E-state index in [2.05, 4.69) is 10.6 Å². The molecule has 2 aromatic carbocycles. The molecule has 0 bridgehead atoms. The fraction of sp³-hybridized carbons (Fsp3) is 0.286. The van der Waals surface area contributed by atoms with Crippen LogP contribution in [0.3, 0.4) is 0 Å². The minimum absolute atomic E-state index is 0.0265. The summed E-state index contributed by atoms with van der Waals surface area (Å²) in [7, 11) is 0. The summed E-state index contributed by atoms with van der Waals surface area (Å²) in [6.45, 7) is 1.64. The summed E-state index contributed by atoms with van der Waals surface area (Å²) in [6.07, 6.45) is 2.01. The van der Waals surface area contributed by atoms with Crippen LogP contribution in [0.1, 0.15) is 28.8 Å². The van der Waals surface area contributed by atoms with Gasteiger partial charge < -0.3 is 15.5 Å². The molecule has 10 nitrogen and oxygen atoms in total. The van der Waals surface area contributed by atoms with Gasteiger partial charge in [-0.15, -0.1) is 0 Å². The van der Waals surface area contributed by atoms with Gasteiger partial charge in [-0.3, -0.25) is 24.6 Å². The van der Waals surface area contributed by atoms with E-state index < -0.39 is 16.9 Å². The number of urea groups is 1. The first kappa shape index (κ1) is 20.3. The predicted molar refractivity (Wildman–Crippen MR) is 113 cm³/mol. The van der Waals surface area contributed by atoms with E-state index in [0.29, 0.717) is 16.9 Å². The first-order valence-corrected chi connectivity index (χ1v) is 9.94. The molecule has 0 aliphatic carbocycles. The van der Waals surface area contributed by atoms with Crippen molar-refractivity contribution < 1.29 is 19.3 Å². The SMILES string of the molecule is O=C(Nc1cccc(CN2C(=O)CNC2=O)c1)c1cc([N+](=O)[O-])ccc1N1CCCC1. The largest absolute Gasteiger partial charge is 0.371 e. The van der Waals surface area contributed by atoms with E-state index in [-0.39, 0.29) is 30.2 Å². The molecule has 2 aromatic rings. The second kappa shape index (κ2) is 8.42. The maximum atomic E-state index is 13.0. The molecule has 0 spiro atoms. The van der Waals surface area contributed by atoms with Crippen molar-refractivity contribution in [1.82, 2.24) is 10.2 Å². The lowest BCUT2D eigenvalue weighted by Gasteiger charge is -2.21. The number of nitrogens with one attached hydrogen (secondary N) is 2. The maximum absolute atomic E-state index is 13.0. The van der Waals surface area contributed by atoms with Gasteiger partial charge in [-0.1, -0.05) is 12.1 Å². The van der Waals surface area contributed by atoms with E-state index in [0.717, 1.165) is 30.8 Å². The minimum Gasteiger partial charge on any atom is -0.371 e. The number of hydrogen-bond donors (Lipinski definition) is 2. The fourth-order valence-electron chi connectivity index (χ4n) is 3.80. The van der Waals surface area contributed by atoms with Crippen molar-refractivity contribution in [2.45, 2.75) is 19.4 Å². The normalized spacial score (nSPS) is 15.9. The molecule has 0 aromatic heterocycles. The quantitative estimate of drug-likeness (QED) is 0.418. The number of non-ortho nitro benzene ring substituents is 1. The number of carbonyl (C=O) groups is 3. The molecule has 0 radical (unpaired) electrons. The highest BCUT2D eigenvalue weighted by Crippen LogP contribution is 2.29. The molecule has 10 heteroatoms. The molecule has 0 saturated carbocycles. The molecule has 0 atom stereocenters. The third-order valence-electron chi connectivity index (χ3n) is 5.34. The van der Waals surface area contributed by atoms with Gasteiger partial charge in [0, 0.05) is 30.9 Å². The van der Waals surface area contributed by atoms with Crippen LogP contribution in [0.2, 0.25) is 0 Å². The number of nitro benzene ring substituents is 1. The Labute approximate surface area is 178 Å². The van der Waals surface area contributed by atoms with E-state index in [4.69, 9.17) is 0 Å². The van der Waals surface area contributed by atoms with Gasteiger partial charge in [0.15, 0.2) is 0 Å². The summed E-state index contributed by atoms with van der Waals surface area (Å²) in [5.74, 6) is -0.774. The zero-order valence-corrected chi connectivity index (χ0v) is 16.7. The summed E-state index contributed by atoms with van der Waals surface area (Å²) in [5.41, 5.74) is 1.88. The lowest BCUT2D eigenvalue weighted by molar-refractivity contribution is -0.384. The molecule has 2 fully saturated rings. The minimum atomic E-state index is -0.525. The van der Waals surface area contributed by atoms with Crippen molar-refractivity contribution in [3.63, 3.8) is 0 Å². The zero-order valence-electron chi connectivity index (χ0n) is 16.7. The van der Waals surface area contributed by atoms with Gasteiger partial charge in [-0.05, 0) is 36.6 Å². The Balaban J connectivity index is 1.56. The summed E-state index contributed by atoms with van der Waals surface area (Å²) < 4.78 is 0. The van der Waals surface area contributed by atoms with E-state index in [1.165, 1.54) is 12.1 Å². The Morgan fingerprint density at radius 1 is 1.13 bits per heavy atom. The van der Waals surface area contributed by atoms with Gasteiger partial charge in [-0.2, -0.15) is 0 Å². The molecule has 0 unspecified atom stereocenters. The number of nitrogens with zero attached hydrogens (tertiary/aromatic N) is 3. The number of benzene rings is 2. The number of amides is 4. The zero-order chi connectivity index (χ0) is 22.0. The van der Waals surface area contributed by atoms with Crippen molar-refractivity contribution in [2.75, 3.05) is 29.9 Å². The number of carbonyl (C=O) groups excluding carboxylic acids is 3. The van der Waals surface area contributed by atoms with Gasteiger partial charge in [0.05, 0.1) is 29.3 Å². The topological polar surface area (TPSA) is 125 Å². The molecule has 4 amide bonds. The van der Waals surface area contributed by atoms with E-state index >= 15 is 0 Å². The highest BCUT2D eigenvalue weighted by Gasteiger charge is 2.28. The number of hydrogen-bond acceptors (Lipinski definition) is 6. The molecular weight excluding hydrogens is 402 g/mol. The molecular formula is C21H21N5O5. The fourth-order valence-corrected chi connectivity index (χ4v) is 3.80. The summed E-state index contributed by atoms with van der Waals surface area (Å²) in [6, 6.07) is 10.7. The van der Waals surface area contributed by atoms with Crippen molar-refractivity contribution >= 4 is 34.9 Å². The van der Waals surface area contributed by atoms with Crippen LogP contribution in [0, 0.1) is 10.1 Å². The third kappa shape index (κ3) is 4.32. The molecule has 2 aliphatic heterocycles. The van der Waals surface area contributed by atoms with Crippen LogP contribution >= 0.6 is 0 Å². The molecule has 31 heavy (non-hydrogen) atoms. The van der Waals surface area contributed by atoms with Crippen molar-refractivity contribution in [2.24, 2.45) is 0 Å². The van der Waals surface area contributed by atoms with Gasteiger partial charge in [0.1, 0.15) is 0 Å². The molecule has 160 valence electrons. The molecule has 4 rings (SSSR count). The van der Waals surface area contributed by atoms with Crippen LogP contribution in [0.5, 0.6) is 0 Å². The highest BCUT2D eigenvalue weighted by molar-refractivity contribution is 6.08. The second-order valence-electron chi connectivity index (χ2n) is 7.45. The van der Waals surface area contributed by atoms with Crippen LogP contribution in [-0.2, 0) is 11.3 Å². The number of anilines is 2. The highest BCUT2D eigenvalue weighted by atomic mass is 16.6. The number of imide groups is 1. The Morgan fingerprint density at radius 2 is 1.90 bits per heavy atom. The van der Waals surface area contributed by atoms with Gasteiger partial charge in [-0.25, -0.2) is 4.79 Å². The molecule has 2 saturated heterocycles. The number of nitro groups is 1. The summed E-state index contributed by atoms with van der Waals surface area (Å²) in [5, 5.41) is 16.5. The molecule has 2 heterocycles. The lowest BCUT2D eigenvalue weighted by atomic mass is 10.1. The van der Waals surface area contributed by atoms with Crippen LogP contribution in [0.25, 0.3) is 0 Å². The summed E-state index contributed by atoms with van der Waals surface area (Å²) >= 11 is 0. The Kier molecular flexibility index (Phi) is 5.52. The standard InChI is InChI=1S/C21H21N5O5/c27-19-12-22-21(29)25(19)13-14-4-3-5-15(10-14)23-20(28)17-11-16(26(30)31)6-7-18(17)24-8-1-2-9-24/h3-7,10-11H,1-2,8-9,12-13H2,(H,22,29)(H,23,28). The summed E-state index contributed by atoms with van der Waals surface area (Å²) in [4.78, 5) is 50.4. The average molecular weight is 423 g/mol. The second-order valence-corrected chi connectivity index (χ2v) is 7.45. The van der Waals surface area contributed by atoms with Gasteiger partial charge >= 0.3 is 6.03 Å². The predicted octanol–water partition coefficient (Wildman–Crippen LogP) is 2.50. The molecule has 2 aliphatic rings. The van der Waals surface area contributed by atoms with E-state index in [1.54, 1.807) is 30.3 Å². The number of rotatable bonds is 6. The van der Waals surface area contributed by atoms with Crippen LogP contribution in [-0.4, -0.2) is 47.3 Å². The van der Waals surface area contributed by atoms with Crippen molar-refractivity contribution in [3.8, 4) is 0 Å². The van der Waals surface area contributed by atoms with E-state index in [9.17, 15) is 24.5 Å². The van der Waals surface area contributed by atoms with Gasteiger partial charge in [0.25, 0.3) is 11.6 Å². The van der Waals surface area contributed by atoms with Crippen LogP contribution in [0.15, 0.2) is 42.5 Å². The monoisotopic (exact) mass is 423 g/mol. The van der Waals surface area contributed by atoms with Crippen molar-refractivity contribution in [1.29, 1.82) is 0 Å². The Morgan fingerprint density at radius 3 is 2.58 bits per heavy atom. The first-order chi connectivity index (χ1) is 14.9. The molecule has 2 N–H and O–H groups in total. The Bertz CT molecular complexity index is 1050. The van der Waals surface area contributed by atoms with E-state index in [1.807, 2.05) is 4.90 Å². The van der Waals surface area contributed by atoms with Crippen molar-refractivity contribution in [3.05, 3.63) is 63.7 Å². The Hall–Kier alpha value is -3.95.